The lowest BCUT2D eigenvalue weighted by Crippen LogP contribution is -2.42. The van der Waals surface area contributed by atoms with E-state index in [1.807, 2.05) is 6.92 Å². The van der Waals surface area contributed by atoms with E-state index in [0.717, 1.165) is 12.8 Å². The number of carboxylic acids is 1. The zero-order chi connectivity index (χ0) is 11.3. The Bertz CT molecular complexity index is 208. The molecular formula is C11H21NO3. The minimum Gasteiger partial charge on any atom is -0.481 e. The van der Waals surface area contributed by atoms with Gasteiger partial charge >= 0.3 is 5.97 Å². The van der Waals surface area contributed by atoms with Crippen molar-refractivity contribution < 1.29 is 14.6 Å². The van der Waals surface area contributed by atoms with Gasteiger partial charge in [0.25, 0.3) is 0 Å². The van der Waals surface area contributed by atoms with Crippen molar-refractivity contribution in [2.75, 3.05) is 7.11 Å². The van der Waals surface area contributed by atoms with E-state index in [-0.39, 0.29) is 12.5 Å². The molecule has 0 aromatic rings. The number of rotatable bonds is 6. The fourth-order valence-electron chi connectivity index (χ4n) is 2.19. The molecule has 0 aromatic heterocycles. The molecule has 0 radical (unpaired) electrons. The van der Waals surface area contributed by atoms with Crippen LogP contribution in [0.3, 0.4) is 0 Å². The molecule has 4 nitrogen and oxygen atoms in total. The Morgan fingerprint density at radius 3 is 2.93 bits per heavy atom. The first-order valence-electron chi connectivity index (χ1n) is 5.64. The summed E-state index contributed by atoms with van der Waals surface area (Å²) in [7, 11) is 1.74. The normalized spacial score (nSPS) is 27.9. The van der Waals surface area contributed by atoms with E-state index in [2.05, 4.69) is 5.32 Å². The summed E-state index contributed by atoms with van der Waals surface area (Å²) in [5.74, 6) is -0.724. The smallest absolute Gasteiger partial charge is 0.303 e. The van der Waals surface area contributed by atoms with Crippen molar-refractivity contribution in [2.45, 2.75) is 57.2 Å². The molecule has 3 unspecified atom stereocenters. The lowest BCUT2D eigenvalue weighted by atomic mass is 10.1. The number of methoxy groups -OCH3 is 1. The van der Waals surface area contributed by atoms with Crippen molar-refractivity contribution in [3.05, 3.63) is 0 Å². The number of ether oxygens (including phenoxy) is 1. The molecule has 1 aliphatic rings. The SMILES string of the molecule is COC1CCCC1NC(C)CCC(=O)O. The van der Waals surface area contributed by atoms with Gasteiger partial charge in [0, 0.05) is 25.6 Å². The highest BCUT2D eigenvalue weighted by Gasteiger charge is 2.27. The van der Waals surface area contributed by atoms with Crippen LogP contribution in [0.1, 0.15) is 39.0 Å². The molecule has 4 heteroatoms. The van der Waals surface area contributed by atoms with Crippen LogP contribution in [0.15, 0.2) is 0 Å². The van der Waals surface area contributed by atoms with Gasteiger partial charge in [-0.15, -0.1) is 0 Å². The largest absolute Gasteiger partial charge is 0.481 e. The molecule has 0 aliphatic heterocycles. The summed E-state index contributed by atoms with van der Waals surface area (Å²) in [6, 6.07) is 0.653. The second kappa shape index (κ2) is 6.08. The lowest BCUT2D eigenvalue weighted by molar-refractivity contribution is -0.137. The van der Waals surface area contributed by atoms with Gasteiger partial charge in [0.05, 0.1) is 6.10 Å². The van der Waals surface area contributed by atoms with Crippen LogP contribution < -0.4 is 5.32 Å². The third-order valence-electron chi connectivity index (χ3n) is 3.05. The van der Waals surface area contributed by atoms with Crippen LogP contribution in [0, 0.1) is 0 Å². The summed E-state index contributed by atoms with van der Waals surface area (Å²) >= 11 is 0. The third-order valence-corrected chi connectivity index (χ3v) is 3.05. The van der Waals surface area contributed by atoms with E-state index < -0.39 is 5.97 Å². The van der Waals surface area contributed by atoms with Gasteiger partial charge in [-0.2, -0.15) is 0 Å². The summed E-state index contributed by atoms with van der Waals surface area (Å²) < 4.78 is 5.37. The Labute approximate surface area is 91.0 Å². The number of hydrogen-bond donors (Lipinski definition) is 2. The number of carboxylic acid groups (broad SMARTS) is 1. The highest BCUT2D eigenvalue weighted by Crippen LogP contribution is 2.22. The molecule has 0 aromatic carbocycles. The van der Waals surface area contributed by atoms with E-state index in [0.29, 0.717) is 18.6 Å². The van der Waals surface area contributed by atoms with Gasteiger partial charge in [-0.3, -0.25) is 4.79 Å². The van der Waals surface area contributed by atoms with E-state index in [9.17, 15) is 4.79 Å². The van der Waals surface area contributed by atoms with Crippen molar-refractivity contribution >= 4 is 5.97 Å². The lowest BCUT2D eigenvalue weighted by Gasteiger charge is -2.23. The predicted octanol–water partition coefficient (Wildman–Crippen LogP) is 1.40. The molecule has 2 N–H and O–H groups in total. The summed E-state index contributed by atoms with van der Waals surface area (Å²) in [6.07, 6.45) is 4.66. The molecule has 0 bridgehead atoms. The summed E-state index contributed by atoms with van der Waals surface area (Å²) in [4.78, 5) is 10.4. The van der Waals surface area contributed by atoms with Crippen LogP contribution in [0.2, 0.25) is 0 Å². The molecule has 3 atom stereocenters. The number of nitrogens with one attached hydrogen (secondary N) is 1. The highest BCUT2D eigenvalue weighted by molar-refractivity contribution is 5.66. The summed E-state index contributed by atoms with van der Waals surface area (Å²) in [5, 5.41) is 12.0. The summed E-state index contributed by atoms with van der Waals surface area (Å²) in [6.45, 7) is 2.04. The molecule has 88 valence electrons. The molecule has 1 aliphatic carbocycles. The van der Waals surface area contributed by atoms with E-state index >= 15 is 0 Å². The van der Waals surface area contributed by atoms with Gasteiger partial charge in [0.15, 0.2) is 0 Å². The second-order valence-corrected chi connectivity index (χ2v) is 4.31. The molecule has 0 heterocycles. The fraction of sp³-hybridized carbons (Fsp3) is 0.909. The number of hydrogen-bond acceptors (Lipinski definition) is 3. The maximum absolute atomic E-state index is 10.4. The number of carbonyl (C=O) groups is 1. The minimum atomic E-state index is -0.724. The van der Waals surface area contributed by atoms with Crippen molar-refractivity contribution in [3.8, 4) is 0 Å². The zero-order valence-electron chi connectivity index (χ0n) is 9.53. The van der Waals surface area contributed by atoms with E-state index in [1.165, 1.54) is 6.42 Å². The number of aliphatic carboxylic acids is 1. The van der Waals surface area contributed by atoms with E-state index in [4.69, 9.17) is 9.84 Å². The topological polar surface area (TPSA) is 58.6 Å². The van der Waals surface area contributed by atoms with Crippen LogP contribution >= 0.6 is 0 Å². The third kappa shape index (κ3) is 4.18. The molecule has 15 heavy (non-hydrogen) atoms. The van der Waals surface area contributed by atoms with Crippen molar-refractivity contribution in [3.63, 3.8) is 0 Å². The van der Waals surface area contributed by atoms with E-state index in [1.54, 1.807) is 7.11 Å². The monoisotopic (exact) mass is 215 g/mol. The van der Waals surface area contributed by atoms with Gasteiger partial charge in [0.1, 0.15) is 0 Å². The average molecular weight is 215 g/mol. The maximum Gasteiger partial charge on any atom is 0.303 e. The predicted molar refractivity (Wildman–Crippen MR) is 57.9 cm³/mol. The Hall–Kier alpha value is -0.610. The molecule has 1 rings (SSSR count). The fourth-order valence-corrected chi connectivity index (χ4v) is 2.19. The molecule has 0 saturated heterocycles. The first-order valence-corrected chi connectivity index (χ1v) is 5.64. The standard InChI is InChI=1S/C11H21NO3/c1-8(6-7-11(13)14)12-9-4-3-5-10(9)15-2/h8-10,12H,3-7H2,1-2H3,(H,13,14). The van der Waals surface area contributed by atoms with Crippen LogP contribution in [0.25, 0.3) is 0 Å². The van der Waals surface area contributed by atoms with Crippen molar-refractivity contribution in [2.24, 2.45) is 0 Å². The zero-order valence-corrected chi connectivity index (χ0v) is 9.53. The van der Waals surface area contributed by atoms with Crippen LogP contribution in [0.4, 0.5) is 0 Å². The molecule has 0 amide bonds. The molecule has 1 saturated carbocycles. The van der Waals surface area contributed by atoms with Crippen molar-refractivity contribution in [1.29, 1.82) is 0 Å². The molecule has 0 spiro atoms. The average Bonchev–Trinajstić information content (AvgIpc) is 2.62. The van der Waals surface area contributed by atoms with Crippen LogP contribution in [-0.2, 0) is 9.53 Å². The Morgan fingerprint density at radius 2 is 2.33 bits per heavy atom. The minimum absolute atomic E-state index is 0.235. The van der Waals surface area contributed by atoms with Crippen LogP contribution in [-0.4, -0.2) is 36.4 Å². The molecule has 1 fully saturated rings. The maximum atomic E-state index is 10.4. The van der Waals surface area contributed by atoms with Gasteiger partial charge < -0.3 is 15.2 Å². The molecular weight excluding hydrogens is 194 g/mol. The second-order valence-electron chi connectivity index (χ2n) is 4.31. The quantitative estimate of drug-likeness (QED) is 0.703. The van der Waals surface area contributed by atoms with Gasteiger partial charge in [-0.25, -0.2) is 0 Å². The van der Waals surface area contributed by atoms with Gasteiger partial charge in [0.2, 0.25) is 0 Å². The van der Waals surface area contributed by atoms with Gasteiger partial charge in [-0.05, 0) is 32.6 Å². The first kappa shape index (κ1) is 12.5. The van der Waals surface area contributed by atoms with Crippen molar-refractivity contribution in [1.82, 2.24) is 5.32 Å². The Kier molecular flexibility index (Phi) is 5.05. The Morgan fingerprint density at radius 1 is 1.60 bits per heavy atom. The van der Waals surface area contributed by atoms with Crippen LogP contribution in [0.5, 0.6) is 0 Å². The summed E-state index contributed by atoms with van der Waals surface area (Å²) in [5.41, 5.74) is 0. The van der Waals surface area contributed by atoms with Gasteiger partial charge in [-0.1, -0.05) is 0 Å². The highest BCUT2D eigenvalue weighted by atomic mass is 16.5. The first-order chi connectivity index (χ1) is 7.13. The Balaban J connectivity index is 2.24.